The van der Waals surface area contributed by atoms with E-state index >= 15 is 0 Å². The number of hydrogen-bond donors (Lipinski definition) is 1. The van der Waals surface area contributed by atoms with Crippen molar-refractivity contribution in [1.82, 2.24) is 10.5 Å². The third-order valence-electron chi connectivity index (χ3n) is 5.31. The van der Waals surface area contributed by atoms with Crippen molar-refractivity contribution in [3.8, 4) is 0 Å². The Morgan fingerprint density at radius 1 is 1.50 bits per heavy atom. The molecule has 4 atom stereocenters. The summed E-state index contributed by atoms with van der Waals surface area (Å²) in [5, 5.41) is 6.78. The van der Waals surface area contributed by atoms with E-state index in [4.69, 9.17) is 13.7 Å². The lowest BCUT2D eigenvalue weighted by atomic mass is 9.77. The quantitative estimate of drug-likeness (QED) is 0.827. The number of amides is 2. The largest absolute Gasteiger partial charge is 0.467 e. The van der Waals surface area contributed by atoms with E-state index in [1.165, 1.54) is 0 Å². The number of hydrogen-bond acceptors (Lipinski definition) is 6. The number of nitrogens with one attached hydrogen (secondary N) is 1. The number of furan rings is 1. The third-order valence-corrected chi connectivity index (χ3v) is 5.31. The Labute approximate surface area is 148 Å². The molecule has 3 aliphatic rings. The van der Waals surface area contributed by atoms with Crippen LogP contribution in [-0.2, 0) is 20.9 Å². The standard InChI is InChI=1S/C18H17N3O5/c1-10-7-13(20-26-10)21-9-18-5-4-12(25-18)14(15(18)17(21)23)16(22)19-8-11-3-2-6-24-11/h2-7,12,14-15H,8-9H2,1H3,(H,19,22)/t12?,14?,15?,18-/m0/s1. The first-order chi connectivity index (χ1) is 12.6. The number of rotatable bonds is 4. The molecule has 0 aromatic carbocycles. The van der Waals surface area contributed by atoms with E-state index in [-0.39, 0.29) is 24.5 Å². The van der Waals surface area contributed by atoms with E-state index in [1.807, 2.05) is 12.2 Å². The maximum Gasteiger partial charge on any atom is 0.235 e. The van der Waals surface area contributed by atoms with Crippen LogP contribution in [0.25, 0.3) is 0 Å². The Hall–Kier alpha value is -2.87. The molecule has 2 fully saturated rings. The molecule has 3 unspecified atom stereocenters. The summed E-state index contributed by atoms with van der Waals surface area (Å²) in [5.74, 6) is 0.219. The first kappa shape index (κ1) is 15.4. The molecule has 5 heterocycles. The number of carbonyl (C=O) groups is 2. The van der Waals surface area contributed by atoms with Crippen molar-refractivity contribution in [3.05, 3.63) is 48.1 Å². The molecule has 0 saturated carbocycles. The molecular formula is C18H17N3O5. The van der Waals surface area contributed by atoms with Gasteiger partial charge in [-0.15, -0.1) is 0 Å². The molecule has 0 aliphatic carbocycles. The van der Waals surface area contributed by atoms with Gasteiger partial charge in [0.05, 0.1) is 37.3 Å². The summed E-state index contributed by atoms with van der Waals surface area (Å²) in [5.41, 5.74) is -0.776. The fourth-order valence-electron chi connectivity index (χ4n) is 4.18. The molecule has 5 rings (SSSR count). The van der Waals surface area contributed by atoms with Gasteiger partial charge in [0.2, 0.25) is 11.8 Å². The van der Waals surface area contributed by atoms with Crippen LogP contribution < -0.4 is 10.2 Å². The van der Waals surface area contributed by atoms with Crippen LogP contribution in [0.15, 0.2) is 45.6 Å². The summed E-state index contributed by atoms with van der Waals surface area (Å²) in [6, 6.07) is 5.25. The first-order valence-corrected chi connectivity index (χ1v) is 8.49. The lowest BCUT2D eigenvalue weighted by molar-refractivity contribution is -0.132. The number of nitrogens with zero attached hydrogens (tertiary/aromatic N) is 2. The molecule has 2 amide bonds. The number of aromatic nitrogens is 1. The van der Waals surface area contributed by atoms with Gasteiger partial charge in [0.1, 0.15) is 17.1 Å². The van der Waals surface area contributed by atoms with Crippen molar-refractivity contribution in [2.45, 2.75) is 25.2 Å². The highest BCUT2D eigenvalue weighted by molar-refractivity contribution is 6.02. The highest BCUT2D eigenvalue weighted by atomic mass is 16.5. The average molecular weight is 355 g/mol. The van der Waals surface area contributed by atoms with Gasteiger partial charge in [0, 0.05) is 6.07 Å². The molecule has 1 N–H and O–H groups in total. The van der Waals surface area contributed by atoms with Crippen LogP contribution in [0.5, 0.6) is 0 Å². The normalized spacial score (nSPS) is 31.7. The molecular weight excluding hydrogens is 338 g/mol. The van der Waals surface area contributed by atoms with Gasteiger partial charge in [0.15, 0.2) is 5.82 Å². The van der Waals surface area contributed by atoms with Crippen molar-refractivity contribution in [2.24, 2.45) is 11.8 Å². The summed E-state index contributed by atoms with van der Waals surface area (Å²) in [6.45, 7) is 2.37. The number of carbonyl (C=O) groups excluding carboxylic acids is 2. The number of aryl methyl sites for hydroxylation is 1. The smallest absolute Gasteiger partial charge is 0.235 e. The van der Waals surface area contributed by atoms with Gasteiger partial charge >= 0.3 is 0 Å². The predicted molar refractivity (Wildman–Crippen MR) is 87.9 cm³/mol. The molecule has 8 nitrogen and oxygen atoms in total. The molecule has 2 aromatic heterocycles. The van der Waals surface area contributed by atoms with E-state index < -0.39 is 17.4 Å². The minimum absolute atomic E-state index is 0.164. The number of ether oxygens (including phenoxy) is 1. The Morgan fingerprint density at radius 2 is 2.38 bits per heavy atom. The SMILES string of the molecule is Cc1cc(N2C[C@]34C=CC(O3)C(C(=O)NCc3ccco3)C4C2=O)no1. The Bertz CT molecular complexity index is 902. The van der Waals surface area contributed by atoms with E-state index in [1.54, 1.807) is 36.3 Å². The van der Waals surface area contributed by atoms with E-state index in [0.717, 1.165) is 0 Å². The molecule has 0 radical (unpaired) electrons. The highest BCUT2D eigenvalue weighted by Gasteiger charge is 2.67. The van der Waals surface area contributed by atoms with E-state index in [0.29, 0.717) is 23.9 Å². The van der Waals surface area contributed by atoms with Gasteiger partial charge in [0.25, 0.3) is 0 Å². The van der Waals surface area contributed by atoms with Crippen LogP contribution in [-0.4, -0.2) is 35.2 Å². The third kappa shape index (κ3) is 2.08. The minimum Gasteiger partial charge on any atom is -0.467 e. The van der Waals surface area contributed by atoms with Crippen LogP contribution in [0.3, 0.4) is 0 Å². The Morgan fingerprint density at radius 3 is 3.12 bits per heavy atom. The maximum atomic E-state index is 13.1. The number of anilines is 1. The van der Waals surface area contributed by atoms with Crippen molar-refractivity contribution >= 4 is 17.6 Å². The minimum atomic E-state index is -0.776. The van der Waals surface area contributed by atoms with Gasteiger partial charge < -0.3 is 19.0 Å². The zero-order chi connectivity index (χ0) is 17.9. The summed E-state index contributed by atoms with van der Waals surface area (Å²) in [6.07, 6.45) is 4.95. The monoisotopic (exact) mass is 355 g/mol. The molecule has 2 bridgehead atoms. The number of fused-ring (bicyclic) bond motifs is 1. The van der Waals surface area contributed by atoms with Crippen molar-refractivity contribution in [1.29, 1.82) is 0 Å². The molecule has 2 saturated heterocycles. The Kier molecular flexibility index (Phi) is 3.14. The van der Waals surface area contributed by atoms with Crippen molar-refractivity contribution < 1.29 is 23.3 Å². The van der Waals surface area contributed by atoms with Crippen LogP contribution in [0.1, 0.15) is 11.5 Å². The molecule has 2 aromatic rings. The van der Waals surface area contributed by atoms with Gasteiger partial charge in [-0.05, 0) is 19.1 Å². The summed E-state index contributed by atoms with van der Waals surface area (Å²) in [7, 11) is 0. The fraction of sp³-hybridized carbons (Fsp3) is 0.389. The topological polar surface area (TPSA) is 97.8 Å². The van der Waals surface area contributed by atoms with Gasteiger partial charge in [-0.2, -0.15) is 0 Å². The second kappa shape index (κ2) is 5.31. The van der Waals surface area contributed by atoms with Crippen molar-refractivity contribution in [3.63, 3.8) is 0 Å². The van der Waals surface area contributed by atoms with Gasteiger partial charge in [-0.3, -0.25) is 14.5 Å². The molecule has 8 heteroatoms. The first-order valence-electron chi connectivity index (χ1n) is 8.49. The zero-order valence-corrected chi connectivity index (χ0v) is 14.0. The lowest BCUT2D eigenvalue weighted by Gasteiger charge is -2.23. The van der Waals surface area contributed by atoms with E-state index in [9.17, 15) is 9.59 Å². The zero-order valence-electron chi connectivity index (χ0n) is 14.0. The summed E-state index contributed by atoms with van der Waals surface area (Å²) in [4.78, 5) is 27.4. The summed E-state index contributed by atoms with van der Waals surface area (Å²) >= 11 is 0. The predicted octanol–water partition coefficient (Wildman–Crippen LogP) is 1.18. The van der Waals surface area contributed by atoms with Crippen molar-refractivity contribution in [2.75, 3.05) is 11.4 Å². The van der Waals surface area contributed by atoms with Gasteiger partial charge in [-0.25, -0.2) is 0 Å². The molecule has 1 spiro atoms. The highest BCUT2D eigenvalue weighted by Crippen LogP contribution is 2.52. The molecule has 134 valence electrons. The van der Waals surface area contributed by atoms with Gasteiger partial charge in [-0.1, -0.05) is 17.3 Å². The molecule has 26 heavy (non-hydrogen) atoms. The van der Waals surface area contributed by atoms with Crippen LogP contribution in [0.4, 0.5) is 5.82 Å². The second-order valence-electron chi connectivity index (χ2n) is 6.92. The van der Waals surface area contributed by atoms with Crippen LogP contribution in [0.2, 0.25) is 0 Å². The molecule has 3 aliphatic heterocycles. The Balaban J connectivity index is 1.40. The summed E-state index contributed by atoms with van der Waals surface area (Å²) < 4.78 is 16.4. The van der Waals surface area contributed by atoms with Crippen LogP contribution >= 0.6 is 0 Å². The average Bonchev–Trinajstić information content (AvgIpc) is 3.41. The van der Waals surface area contributed by atoms with Crippen LogP contribution in [0, 0.1) is 18.8 Å². The fourth-order valence-corrected chi connectivity index (χ4v) is 4.18. The second-order valence-corrected chi connectivity index (χ2v) is 6.92. The van der Waals surface area contributed by atoms with E-state index in [2.05, 4.69) is 10.5 Å². The lowest BCUT2D eigenvalue weighted by Crippen LogP contribution is -2.43. The maximum absolute atomic E-state index is 13.1.